The fourth-order valence-electron chi connectivity index (χ4n) is 1.99. The number of aliphatic hydroxyl groups excluding tert-OH is 1. The smallest absolute Gasteiger partial charge is 0.124 e. The number of hydrogen-bond acceptors (Lipinski definition) is 2. The van der Waals surface area contributed by atoms with Crippen molar-refractivity contribution in [3.63, 3.8) is 0 Å². The van der Waals surface area contributed by atoms with Crippen LogP contribution in [0.25, 0.3) is 10.9 Å². The van der Waals surface area contributed by atoms with Crippen molar-refractivity contribution in [1.29, 1.82) is 0 Å². The van der Waals surface area contributed by atoms with E-state index in [1.165, 1.54) is 0 Å². The number of rotatable bonds is 2. The van der Waals surface area contributed by atoms with Crippen LogP contribution in [0, 0.1) is 0 Å². The predicted octanol–water partition coefficient (Wildman–Crippen LogP) is 2.42. The average Bonchev–Trinajstić information content (AvgIpc) is 2.57. The van der Waals surface area contributed by atoms with Gasteiger partial charge in [0.1, 0.15) is 5.75 Å². The zero-order chi connectivity index (χ0) is 11.0. The molecular weight excluding hydrogens is 190 g/mol. The maximum absolute atomic E-state index is 9.69. The van der Waals surface area contributed by atoms with Gasteiger partial charge in [0, 0.05) is 17.6 Å². The van der Waals surface area contributed by atoms with Crippen molar-refractivity contribution in [2.24, 2.45) is 0 Å². The van der Waals surface area contributed by atoms with Gasteiger partial charge in [-0.25, -0.2) is 0 Å². The summed E-state index contributed by atoms with van der Waals surface area (Å²) in [6, 6.07) is 7.27. The van der Waals surface area contributed by atoms with Gasteiger partial charge in [-0.1, -0.05) is 6.07 Å². The molecule has 0 amide bonds. The van der Waals surface area contributed by atoms with Crippen molar-refractivity contribution in [3.05, 3.63) is 30.0 Å². The third kappa shape index (κ3) is 1.49. The fourth-order valence-corrected chi connectivity index (χ4v) is 1.99. The molecule has 0 spiro atoms. The summed E-state index contributed by atoms with van der Waals surface area (Å²) in [7, 11) is 0. The second kappa shape index (κ2) is 3.59. The SMILES string of the molecule is CCn1c(C(C)O)cc2c(O)cccc21. The Balaban J connectivity index is 2.78. The lowest BCUT2D eigenvalue weighted by molar-refractivity contribution is 0.190. The number of phenols is 1. The van der Waals surface area contributed by atoms with Gasteiger partial charge in [0.15, 0.2) is 0 Å². The van der Waals surface area contributed by atoms with Crippen LogP contribution in [0.2, 0.25) is 0 Å². The molecule has 1 aromatic carbocycles. The molecule has 0 bridgehead atoms. The molecule has 2 N–H and O–H groups in total. The fraction of sp³-hybridized carbons (Fsp3) is 0.333. The Morgan fingerprint density at radius 1 is 1.40 bits per heavy atom. The first kappa shape index (κ1) is 10.1. The Bertz CT molecular complexity index is 486. The molecule has 2 rings (SSSR count). The summed E-state index contributed by atoms with van der Waals surface area (Å²) in [5, 5.41) is 20.1. The van der Waals surface area contributed by atoms with Crippen molar-refractivity contribution in [2.75, 3.05) is 0 Å². The largest absolute Gasteiger partial charge is 0.507 e. The van der Waals surface area contributed by atoms with Crippen LogP contribution < -0.4 is 0 Å². The lowest BCUT2D eigenvalue weighted by Gasteiger charge is -2.09. The van der Waals surface area contributed by atoms with Crippen molar-refractivity contribution in [1.82, 2.24) is 4.57 Å². The summed E-state index contributed by atoms with van der Waals surface area (Å²) in [5.74, 6) is 0.265. The van der Waals surface area contributed by atoms with Crippen LogP contribution >= 0.6 is 0 Å². The van der Waals surface area contributed by atoms with Crippen molar-refractivity contribution < 1.29 is 10.2 Å². The number of fused-ring (bicyclic) bond motifs is 1. The molecule has 0 aliphatic rings. The maximum Gasteiger partial charge on any atom is 0.124 e. The minimum absolute atomic E-state index is 0.265. The quantitative estimate of drug-likeness (QED) is 0.790. The predicted molar refractivity (Wildman–Crippen MR) is 59.9 cm³/mol. The van der Waals surface area contributed by atoms with Crippen LogP contribution in [-0.2, 0) is 6.54 Å². The molecule has 1 atom stereocenters. The van der Waals surface area contributed by atoms with Gasteiger partial charge in [-0.05, 0) is 32.0 Å². The van der Waals surface area contributed by atoms with Crippen LogP contribution in [0.15, 0.2) is 24.3 Å². The molecule has 0 saturated carbocycles. The van der Waals surface area contributed by atoms with Crippen LogP contribution in [-0.4, -0.2) is 14.8 Å². The highest BCUT2D eigenvalue weighted by Gasteiger charge is 2.13. The summed E-state index contributed by atoms with van der Waals surface area (Å²) in [4.78, 5) is 0. The van der Waals surface area contributed by atoms with Crippen LogP contribution in [0.5, 0.6) is 5.75 Å². The van der Waals surface area contributed by atoms with E-state index < -0.39 is 6.10 Å². The van der Waals surface area contributed by atoms with Crippen LogP contribution in [0.3, 0.4) is 0 Å². The normalized spacial score (nSPS) is 13.3. The zero-order valence-corrected chi connectivity index (χ0v) is 8.94. The Morgan fingerprint density at radius 2 is 2.13 bits per heavy atom. The van der Waals surface area contributed by atoms with E-state index in [0.29, 0.717) is 0 Å². The lowest BCUT2D eigenvalue weighted by atomic mass is 10.2. The highest BCUT2D eigenvalue weighted by Crippen LogP contribution is 2.30. The van der Waals surface area contributed by atoms with E-state index in [1.807, 2.05) is 29.7 Å². The number of aromatic nitrogens is 1. The lowest BCUT2D eigenvalue weighted by Crippen LogP contribution is -2.03. The van der Waals surface area contributed by atoms with Gasteiger partial charge < -0.3 is 14.8 Å². The molecule has 1 unspecified atom stereocenters. The highest BCUT2D eigenvalue weighted by molar-refractivity contribution is 5.87. The first-order chi connectivity index (χ1) is 7.15. The van der Waals surface area contributed by atoms with Gasteiger partial charge in [0.25, 0.3) is 0 Å². The number of benzene rings is 1. The topological polar surface area (TPSA) is 45.4 Å². The van der Waals surface area contributed by atoms with Crippen LogP contribution in [0.1, 0.15) is 25.6 Å². The number of aliphatic hydroxyl groups is 1. The minimum atomic E-state index is -0.517. The van der Waals surface area contributed by atoms with Gasteiger partial charge in [-0.2, -0.15) is 0 Å². The summed E-state index contributed by atoms with van der Waals surface area (Å²) >= 11 is 0. The molecule has 0 aliphatic carbocycles. The third-order valence-corrected chi connectivity index (χ3v) is 2.70. The van der Waals surface area contributed by atoms with E-state index in [-0.39, 0.29) is 5.75 Å². The van der Waals surface area contributed by atoms with Crippen molar-refractivity contribution in [2.45, 2.75) is 26.5 Å². The highest BCUT2D eigenvalue weighted by atomic mass is 16.3. The number of nitrogens with zero attached hydrogens (tertiary/aromatic N) is 1. The van der Waals surface area contributed by atoms with E-state index >= 15 is 0 Å². The average molecular weight is 205 g/mol. The monoisotopic (exact) mass is 205 g/mol. The summed E-state index contributed by atoms with van der Waals surface area (Å²) in [5.41, 5.74) is 1.81. The van der Waals surface area contributed by atoms with Gasteiger partial charge in [0.2, 0.25) is 0 Å². The molecule has 0 aliphatic heterocycles. The van der Waals surface area contributed by atoms with Gasteiger partial charge >= 0.3 is 0 Å². The van der Waals surface area contributed by atoms with E-state index in [0.717, 1.165) is 23.1 Å². The standard InChI is InChI=1S/C12H15NO2/c1-3-13-10-5-4-6-12(15)9(10)7-11(13)8(2)14/h4-8,14-15H,3H2,1-2H3. The minimum Gasteiger partial charge on any atom is -0.507 e. The molecular formula is C12H15NO2. The number of phenolic OH excluding ortho intramolecular Hbond substituents is 1. The molecule has 0 saturated heterocycles. The molecule has 0 radical (unpaired) electrons. The number of hydrogen-bond donors (Lipinski definition) is 2. The Labute approximate surface area is 88.6 Å². The molecule has 1 heterocycles. The summed E-state index contributed by atoms with van der Waals surface area (Å²) in [6.07, 6.45) is -0.517. The molecule has 3 nitrogen and oxygen atoms in total. The van der Waals surface area contributed by atoms with E-state index in [4.69, 9.17) is 0 Å². The first-order valence-electron chi connectivity index (χ1n) is 5.14. The van der Waals surface area contributed by atoms with E-state index in [2.05, 4.69) is 0 Å². The molecule has 1 aromatic heterocycles. The Kier molecular flexibility index (Phi) is 2.40. The molecule has 15 heavy (non-hydrogen) atoms. The number of aryl methyl sites for hydroxylation is 1. The Morgan fingerprint density at radius 3 is 2.73 bits per heavy atom. The molecule has 0 fully saturated rings. The second-order valence-corrected chi connectivity index (χ2v) is 3.70. The molecule has 2 aromatic rings. The van der Waals surface area contributed by atoms with Crippen molar-refractivity contribution >= 4 is 10.9 Å². The second-order valence-electron chi connectivity index (χ2n) is 3.70. The van der Waals surface area contributed by atoms with E-state index in [9.17, 15) is 10.2 Å². The van der Waals surface area contributed by atoms with Gasteiger partial charge in [-0.15, -0.1) is 0 Å². The Hall–Kier alpha value is -1.48. The zero-order valence-electron chi connectivity index (χ0n) is 8.94. The summed E-state index contributed by atoms with van der Waals surface area (Å²) in [6.45, 7) is 4.54. The van der Waals surface area contributed by atoms with Gasteiger partial charge in [0.05, 0.1) is 11.6 Å². The van der Waals surface area contributed by atoms with Crippen molar-refractivity contribution in [3.8, 4) is 5.75 Å². The third-order valence-electron chi connectivity index (χ3n) is 2.70. The molecule has 3 heteroatoms. The summed E-state index contributed by atoms with van der Waals surface area (Å²) < 4.78 is 2.01. The molecule has 80 valence electrons. The van der Waals surface area contributed by atoms with E-state index in [1.54, 1.807) is 13.0 Å². The maximum atomic E-state index is 9.69. The first-order valence-corrected chi connectivity index (χ1v) is 5.14. The number of aromatic hydroxyl groups is 1. The van der Waals surface area contributed by atoms with Gasteiger partial charge in [-0.3, -0.25) is 0 Å². The van der Waals surface area contributed by atoms with Crippen LogP contribution in [0.4, 0.5) is 0 Å².